The lowest BCUT2D eigenvalue weighted by Gasteiger charge is -2.16. The molecule has 0 bridgehead atoms. The summed E-state index contributed by atoms with van der Waals surface area (Å²) in [5.74, 6) is 0.481. The second-order valence-electron chi connectivity index (χ2n) is 7.88. The average molecular weight is 415 g/mol. The number of rotatable bonds is 5. The van der Waals surface area contributed by atoms with E-state index in [0.29, 0.717) is 52.0 Å². The minimum Gasteiger partial charge on any atom is -0.508 e. The van der Waals surface area contributed by atoms with E-state index in [-0.39, 0.29) is 17.6 Å². The molecule has 2 heterocycles. The zero-order valence-corrected chi connectivity index (χ0v) is 17.2. The number of imide groups is 1. The topological polar surface area (TPSA) is 85.9 Å². The summed E-state index contributed by atoms with van der Waals surface area (Å²) >= 11 is 0. The summed E-state index contributed by atoms with van der Waals surface area (Å²) in [5.41, 5.74) is 2.01. The standard InChI is InChI=1S/C24H21N3O4/c1-26(2)10-11-27-23(29)17-13-19(31-15-6-4-3-5-7-15)22-20(21(17)24(27)30)16-12-14(28)8-9-18(16)25-22/h3-9,12-13,25,28H,10-11H2,1-2H3. The second-order valence-corrected chi connectivity index (χ2v) is 7.88. The predicted octanol–water partition coefficient (Wildman–Crippen LogP) is 3.98. The first kappa shape index (κ1) is 19.1. The summed E-state index contributed by atoms with van der Waals surface area (Å²) in [7, 11) is 3.79. The molecule has 3 aromatic carbocycles. The Morgan fingerprint density at radius 3 is 2.55 bits per heavy atom. The van der Waals surface area contributed by atoms with Gasteiger partial charge >= 0.3 is 0 Å². The van der Waals surface area contributed by atoms with Crippen molar-refractivity contribution >= 4 is 33.6 Å². The van der Waals surface area contributed by atoms with Crippen molar-refractivity contribution in [2.45, 2.75) is 0 Å². The molecule has 1 aromatic heterocycles. The summed E-state index contributed by atoms with van der Waals surface area (Å²) in [6.45, 7) is 0.861. The summed E-state index contributed by atoms with van der Waals surface area (Å²) in [6, 6.07) is 15.8. The van der Waals surface area contributed by atoms with E-state index < -0.39 is 0 Å². The molecule has 0 aliphatic carbocycles. The van der Waals surface area contributed by atoms with Crippen LogP contribution in [0.1, 0.15) is 20.7 Å². The summed E-state index contributed by atoms with van der Waals surface area (Å²) in [6.07, 6.45) is 0. The number of hydrogen-bond donors (Lipinski definition) is 2. The number of likely N-dealkylation sites (N-methyl/N-ethyl adjacent to an activating group) is 1. The Kier molecular flexibility index (Phi) is 4.41. The van der Waals surface area contributed by atoms with Gasteiger partial charge in [-0.15, -0.1) is 0 Å². The molecule has 0 unspecified atom stereocenters. The number of H-pyrrole nitrogens is 1. The van der Waals surface area contributed by atoms with Crippen molar-refractivity contribution in [3.63, 3.8) is 0 Å². The molecule has 0 atom stereocenters. The number of benzene rings is 3. The smallest absolute Gasteiger partial charge is 0.262 e. The van der Waals surface area contributed by atoms with Gasteiger partial charge in [0.2, 0.25) is 0 Å². The maximum absolute atomic E-state index is 13.3. The van der Waals surface area contributed by atoms with Gasteiger partial charge in [-0.1, -0.05) is 18.2 Å². The maximum Gasteiger partial charge on any atom is 0.262 e. The van der Waals surface area contributed by atoms with Crippen LogP contribution in [0.15, 0.2) is 54.6 Å². The number of phenols is 1. The summed E-state index contributed by atoms with van der Waals surface area (Å²) < 4.78 is 6.11. The SMILES string of the molecule is CN(C)CCN1C(=O)c2cc(Oc3ccccc3)c3[nH]c4ccc(O)cc4c3c2C1=O. The number of para-hydroxylation sites is 1. The van der Waals surface area contributed by atoms with Crippen molar-refractivity contribution in [3.8, 4) is 17.2 Å². The molecule has 2 N–H and O–H groups in total. The Balaban J connectivity index is 1.75. The molecule has 2 amide bonds. The normalized spacial score (nSPS) is 13.6. The molecule has 156 valence electrons. The molecule has 7 heteroatoms. The minimum absolute atomic E-state index is 0.0813. The first-order chi connectivity index (χ1) is 14.9. The molecular weight excluding hydrogens is 394 g/mol. The first-order valence-electron chi connectivity index (χ1n) is 9.99. The van der Waals surface area contributed by atoms with Crippen LogP contribution in [0.2, 0.25) is 0 Å². The lowest BCUT2D eigenvalue weighted by Crippen LogP contribution is -2.35. The molecule has 1 aliphatic heterocycles. The molecule has 7 nitrogen and oxygen atoms in total. The van der Waals surface area contributed by atoms with Crippen LogP contribution in [0.25, 0.3) is 21.8 Å². The molecule has 0 fully saturated rings. The van der Waals surface area contributed by atoms with Gasteiger partial charge in [-0.3, -0.25) is 14.5 Å². The molecule has 0 spiro atoms. The zero-order chi connectivity index (χ0) is 21.7. The summed E-state index contributed by atoms with van der Waals surface area (Å²) in [5, 5.41) is 11.3. The first-order valence-corrected chi connectivity index (χ1v) is 9.99. The Hall–Kier alpha value is -3.84. The molecular formula is C24H21N3O4. The van der Waals surface area contributed by atoms with Gasteiger partial charge in [0.25, 0.3) is 11.8 Å². The van der Waals surface area contributed by atoms with Crippen LogP contribution in [-0.4, -0.2) is 58.9 Å². The number of hydrogen-bond acceptors (Lipinski definition) is 5. The number of amides is 2. The number of aromatic hydroxyl groups is 1. The highest BCUT2D eigenvalue weighted by Gasteiger charge is 2.39. The third-order valence-corrected chi connectivity index (χ3v) is 5.50. The quantitative estimate of drug-likeness (QED) is 0.482. The number of nitrogens with one attached hydrogen (secondary N) is 1. The van der Waals surface area contributed by atoms with Crippen molar-refractivity contribution in [1.82, 2.24) is 14.8 Å². The number of phenolic OH excluding ortho intramolecular Hbond substituents is 1. The van der Waals surface area contributed by atoms with Crippen molar-refractivity contribution < 1.29 is 19.4 Å². The van der Waals surface area contributed by atoms with Crippen molar-refractivity contribution in [2.24, 2.45) is 0 Å². The molecule has 0 saturated carbocycles. The van der Waals surface area contributed by atoms with E-state index in [0.717, 1.165) is 5.52 Å². The fraction of sp³-hybridized carbons (Fsp3) is 0.167. The minimum atomic E-state index is -0.337. The molecule has 4 aromatic rings. The van der Waals surface area contributed by atoms with Crippen LogP contribution in [0.3, 0.4) is 0 Å². The number of fused-ring (bicyclic) bond motifs is 5. The molecule has 0 radical (unpaired) electrons. The van der Waals surface area contributed by atoms with E-state index >= 15 is 0 Å². The number of aromatic nitrogens is 1. The fourth-order valence-electron chi connectivity index (χ4n) is 4.00. The van der Waals surface area contributed by atoms with Gasteiger partial charge in [0, 0.05) is 29.4 Å². The van der Waals surface area contributed by atoms with Crippen molar-refractivity contribution in [2.75, 3.05) is 27.2 Å². The second kappa shape index (κ2) is 7.14. The molecule has 0 saturated heterocycles. The van der Waals surface area contributed by atoms with Crippen LogP contribution in [0.4, 0.5) is 0 Å². The Bertz CT molecular complexity index is 1340. The van der Waals surface area contributed by atoms with Crippen molar-refractivity contribution in [3.05, 3.63) is 65.7 Å². The van der Waals surface area contributed by atoms with Crippen LogP contribution in [0.5, 0.6) is 17.2 Å². The zero-order valence-electron chi connectivity index (χ0n) is 17.2. The van der Waals surface area contributed by atoms with E-state index in [1.165, 1.54) is 4.90 Å². The Labute approximate surface area is 178 Å². The highest BCUT2D eigenvalue weighted by Crippen LogP contribution is 2.42. The van der Waals surface area contributed by atoms with Crippen LogP contribution in [0, 0.1) is 0 Å². The van der Waals surface area contributed by atoms with Gasteiger partial charge < -0.3 is 19.7 Å². The monoisotopic (exact) mass is 415 g/mol. The number of aromatic amines is 1. The largest absolute Gasteiger partial charge is 0.508 e. The van der Waals surface area contributed by atoms with Crippen LogP contribution < -0.4 is 4.74 Å². The number of ether oxygens (including phenoxy) is 1. The lowest BCUT2D eigenvalue weighted by molar-refractivity contribution is 0.0645. The van der Waals surface area contributed by atoms with E-state index in [9.17, 15) is 14.7 Å². The van der Waals surface area contributed by atoms with Gasteiger partial charge in [0.1, 0.15) is 11.5 Å². The predicted molar refractivity (Wildman–Crippen MR) is 118 cm³/mol. The van der Waals surface area contributed by atoms with Gasteiger partial charge in [-0.2, -0.15) is 0 Å². The highest BCUT2D eigenvalue weighted by atomic mass is 16.5. The van der Waals surface area contributed by atoms with Crippen LogP contribution in [-0.2, 0) is 0 Å². The third-order valence-electron chi connectivity index (χ3n) is 5.50. The Morgan fingerprint density at radius 1 is 1.03 bits per heavy atom. The fourth-order valence-corrected chi connectivity index (χ4v) is 4.00. The van der Waals surface area contributed by atoms with Gasteiger partial charge in [-0.25, -0.2) is 0 Å². The highest BCUT2D eigenvalue weighted by molar-refractivity contribution is 6.30. The number of carbonyl (C=O) groups excluding carboxylic acids is 2. The van der Waals surface area contributed by atoms with E-state index in [1.54, 1.807) is 24.3 Å². The van der Waals surface area contributed by atoms with Crippen LogP contribution >= 0.6 is 0 Å². The van der Waals surface area contributed by atoms with Gasteiger partial charge in [0.15, 0.2) is 5.75 Å². The maximum atomic E-state index is 13.3. The number of carbonyl (C=O) groups is 2. The molecule has 5 rings (SSSR count). The lowest BCUT2D eigenvalue weighted by atomic mass is 10.0. The summed E-state index contributed by atoms with van der Waals surface area (Å²) in [4.78, 5) is 33.0. The number of nitrogens with zero attached hydrogens (tertiary/aromatic N) is 2. The van der Waals surface area contributed by atoms with E-state index in [4.69, 9.17) is 4.74 Å². The third kappa shape index (κ3) is 3.10. The average Bonchev–Trinajstić information content (AvgIpc) is 3.23. The van der Waals surface area contributed by atoms with Gasteiger partial charge in [-0.05, 0) is 50.5 Å². The Morgan fingerprint density at radius 2 is 1.81 bits per heavy atom. The van der Waals surface area contributed by atoms with E-state index in [1.807, 2.05) is 49.3 Å². The molecule has 31 heavy (non-hydrogen) atoms. The van der Waals surface area contributed by atoms with E-state index in [2.05, 4.69) is 4.98 Å². The van der Waals surface area contributed by atoms with Gasteiger partial charge in [0.05, 0.1) is 16.6 Å². The molecule has 1 aliphatic rings. The van der Waals surface area contributed by atoms with Crippen molar-refractivity contribution in [1.29, 1.82) is 0 Å².